The molecule has 0 aliphatic carbocycles. The second-order valence-corrected chi connectivity index (χ2v) is 6.77. The van der Waals surface area contributed by atoms with Crippen LogP contribution in [0, 0.1) is 0 Å². The van der Waals surface area contributed by atoms with E-state index >= 15 is 0 Å². The number of thioether (sulfide) groups is 1. The molecule has 0 aliphatic rings. The Kier molecular flexibility index (Phi) is 6.86. The molecular formula is C15H23ClN2OS. The standard InChI is InChI=1S/C15H23ClN2OS/c1-4-15(17,5-2)10-18-14(19)11(3)20-13-9-7-6-8-12(13)16/h6-9,11H,4-5,10,17H2,1-3H3,(H,18,19). The van der Waals surface area contributed by atoms with Crippen LogP contribution in [0.15, 0.2) is 29.2 Å². The van der Waals surface area contributed by atoms with Gasteiger partial charge in [0.1, 0.15) is 0 Å². The lowest BCUT2D eigenvalue weighted by molar-refractivity contribution is -0.120. The van der Waals surface area contributed by atoms with Crippen LogP contribution in [0.25, 0.3) is 0 Å². The molecule has 0 bridgehead atoms. The molecule has 3 N–H and O–H groups in total. The van der Waals surface area contributed by atoms with Crippen LogP contribution >= 0.6 is 23.4 Å². The first kappa shape index (κ1) is 17.3. The van der Waals surface area contributed by atoms with Gasteiger partial charge >= 0.3 is 0 Å². The number of nitrogens with two attached hydrogens (primary N) is 1. The van der Waals surface area contributed by atoms with Crippen LogP contribution in [0.1, 0.15) is 33.6 Å². The second-order valence-electron chi connectivity index (χ2n) is 4.98. The van der Waals surface area contributed by atoms with Crippen LogP contribution in [0.2, 0.25) is 5.02 Å². The van der Waals surface area contributed by atoms with Gasteiger partial charge in [0, 0.05) is 17.0 Å². The van der Waals surface area contributed by atoms with Gasteiger partial charge in [0.25, 0.3) is 0 Å². The van der Waals surface area contributed by atoms with E-state index < -0.39 is 0 Å². The summed E-state index contributed by atoms with van der Waals surface area (Å²) in [6.45, 7) is 6.46. The highest BCUT2D eigenvalue weighted by Crippen LogP contribution is 2.30. The fourth-order valence-electron chi connectivity index (χ4n) is 1.69. The van der Waals surface area contributed by atoms with E-state index in [-0.39, 0.29) is 16.7 Å². The molecule has 1 amide bonds. The number of carbonyl (C=O) groups is 1. The van der Waals surface area contributed by atoms with Gasteiger partial charge in [-0.1, -0.05) is 37.6 Å². The van der Waals surface area contributed by atoms with Gasteiger partial charge in [-0.15, -0.1) is 11.8 Å². The number of nitrogens with one attached hydrogen (secondary N) is 1. The van der Waals surface area contributed by atoms with Gasteiger partial charge in [-0.25, -0.2) is 0 Å². The highest BCUT2D eigenvalue weighted by Gasteiger charge is 2.23. The van der Waals surface area contributed by atoms with E-state index in [1.165, 1.54) is 11.8 Å². The van der Waals surface area contributed by atoms with Crippen LogP contribution < -0.4 is 11.1 Å². The van der Waals surface area contributed by atoms with Crippen molar-refractivity contribution in [1.82, 2.24) is 5.32 Å². The predicted molar refractivity (Wildman–Crippen MR) is 87.3 cm³/mol. The summed E-state index contributed by atoms with van der Waals surface area (Å²) in [4.78, 5) is 13.0. The SMILES string of the molecule is CCC(N)(CC)CNC(=O)C(C)Sc1ccccc1Cl. The zero-order valence-corrected chi connectivity index (χ0v) is 13.9. The van der Waals surface area contributed by atoms with E-state index in [9.17, 15) is 4.79 Å². The number of carbonyl (C=O) groups excluding carboxylic acids is 1. The van der Waals surface area contributed by atoms with Gasteiger partial charge in [0.2, 0.25) is 5.91 Å². The summed E-state index contributed by atoms with van der Waals surface area (Å²) >= 11 is 7.55. The van der Waals surface area contributed by atoms with Crippen LogP contribution in [0.3, 0.4) is 0 Å². The molecule has 5 heteroatoms. The minimum atomic E-state index is -0.315. The molecule has 0 fully saturated rings. The summed E-state index contributed by atoms with van der Waals surface area (Å²) < 4.78 is 0. The molecular weight excluding hydrogens is 292 g/mol. The Hall–Kier alpha value is -0.710. The highest BCUT2D eigenvalue weighted by molar-refractivity contribution is 8.00. The first-order valence-corrected chi connectivity index (χ1v) is 8.15. The lowest BCUT2D eigenvalue weighted by atomic mass is 9.94. The number of hydrogen-bond donors (Lipinski definition) is 2. The fraction of sp³-hybridized carbons (Fsp3) is 0.533. The smallest absolute Gasteiger partial charge is 0.233 e. The molecule has 1 atom stereocenters. The molecule has 20 heavy (non-hydrogen) atoms. The average molecular weight is 315 g/mol. The van der Waals surface area contributed by atoms with E-state index in [2.05, 4.69) is 5.32 Å². The molecule has 1 unspecified atom stereocenters. The maximum atomic E-state index is 12.1. The van der Waals surface area contributed by atoms with E-state index in [1.807, 2.05) is 45.0 Å². The Morgan fingerprint density at radius 2 is 2.00 bits per heavy atom. The fourth-order valence-corrected chi connectivity index (χ4v) is 2.87. The third-order valence-electron chi connectivity index (χ3n) is 3.53. The minimum Gasteiger partial charge on any atom is -0.353 e. The van der Waals surface area contributed by atoms with E-state index in [0.29, 0.717) is 11.6 Å². The Bertz CT molecular complexity index is 449. The van der Waals surface area contributed by atoms with E-state index in [4.69, 9.17) is 17.3 Å². The number of benzene rings is 1. The quantitative estimate of drug-likeness (QED) is 0.758. The molecule has 3 nitrogen and oxygen atoms in total. The van der Waals surface area contributed by atoms with Gasteiger partial charge in [0.15, 0.2) is 0 Å². The van der Waals surface area contributed by atoms with Crippen molar-refractivity contribution in [3.05, 3.63) is 29.3 Å². The molecule has 1 rings (SSSR count). The Balaban J connectivity index is 2.54. The largest absolute Gasteiger partial charge is 0.353 e. The number of halogens is 1. The summed E-state index contributed by atoms with van der Waals surface area (Å²) in [5.41, 5.74) is 5.86. The number of hydrogen-bond acceptors (Lipinski definition) is 3. The topological polar surface area (TPSA) is 55.1 Å². The molecule has 0 radical (unpaired) electrons. The summed E-state index contributed by atoms with van der Waals surface area (Å²) in [7, 11) is 0. The van der Waals surface area contributed by atoms with Gasteiger partial charge < -0.3 is 11.1 Å². The maximum absolute atomic E-state index is 12.1. The molecule has 0 spiro atoms. The lowest BCUT2D eigenvalue weighted by Crippen LogP contribution is -2.50. The summed E-state index contributed by atoms with van der Waals surface area (Å²) in [5.74, 6) is -0.00774. The van der Waals surface area contributed by atoms with Crippen molar-refractivity contribution >= 4 is 29.3 Å². The Morgan fingerprint density at radius 3 is 2.55 bits per heavy atom. The van der Waals surface area contributed by atoms with Crippen molar-refractivity contribution in [1.29, 1.82) is 0 Å². The first-order valence-electron chi connectivity index (χ1n) is 6.89. The van der Waals surface area contributed by atoms with Crippen LogP contribution in [-0.4, -0.2) is 23.2 Å². The molecule has 1 aromatic carbocycles. The molecule has 112 valence electrons. The van der Waals surface area contributed by atoms with Crippen LogP contribution in [0.5, 0.6) is 0 Å². The summed E-state index contributed by atoms with van der Waals surface area (Å²) in [5, 5.41) is 3.41. The van der Waals surface area contributed by atoms with E-state index in [1.54, 1.807) is 0 Å². The van der Waals surface area contributed by atoms with Gasteiger partial charge in [0.05, 0.1) is 10.3 Å². The second kappa shape index (κ2) is 7.91. The first-order chi connectivity index (χ1) is 9.41. The molecule has 0 aliphatic heterocycles. The maximum Gasteiger partial charge on any atom is 0.233 e. The average Bonchev–Trinajstić information content (AvgIpc) is 2.46. The monoisotopic (exact) mass is 314 g/mol. The molecule has 0 aromatic heterocycles. The Labute approximate surface area is 130 Å². The third-order valence-corrected chi connectivity index (χ3v) is 5.15. The summed E-state index contributed by atoms with van der Waals surface area (Å²) in [6.07, 6.45) is 1.69. The van der Waals surface area contributed by atoms with Crippen molar-refractivity contribution in [2.45, 2.75) is 49.3 Å². The van der Waals surface area contributed by atoms with Crippen LogP contribution in [0.4, 0.5) is 0 Å². The van der Waals surface area contributed by atoms with Crippen molar-refractivity contribution < 1.29 is 4.79 Å². The van der Waals surface area contributed by atoms with Crippen molar-refractivity contribution in [2.24, 2.45) is 5.73 Å². The Morgan fingerprint density at radius 1 is 1.40 bits per heavy atom. The van der Waals surface area contributed by atoms with Crippen molar-refractivity contribution in [3.8, 4) is 0 Å². The van der Waals surface area contributed by atoms with Crippen molar-refractivity contribution in [2.75, 3.05) is 6.54 Å². The summed E-state index contributed by atoms with van der Waals surface area (Å²) in [6, 6.07) is 7.54. The van der Waals surface area contributed by atoms with Gasteiger partial charge in [-0.2, -0.15) is 0 Å². The predicted octanol–water partition coefficient (Wildman–Crippen LogP) is 3.45. The van der Waals surface area contributed by atoms with Gasteiger partial charge in [-0.05, 0) is 31.9 Å². The molecule has 1 aromatic rings. The van der Waals surface area contributed by atoms with E-state index in [0.717, 1.165) is 17.7 Å². The highest BCUT2D eigenvalue weighted by atomic mass is 35.5. The third kappa shape index (κ3) is 5.00. The zero-order chi connectivity index (χ0) is 15.2. The molecule has 0 heterocycles. The minimum absolute atomic E-state index is 0.00774. The lowest BCUT2D eigenvalue weighted by Gasteiger charge is -2.27. The zero-order valence-electron chi connectivity index (χ0n) is 12.3. The van der Waals surface area contributed by atoms with Gasteiger partial charge in [-0.3, -0.25) is 4.79 Å². The number of rotatable bonds is 7. The normalized spacial score (nSPS) is 13.1. The number of amides is 1. The molecule has 0 saturated heterocycles. The van der Waals surface area contributed by atoms with Crippen molar-refractivity contribution in [3.63, 3.8) is 0 Å². The molecule has 0 saturated carbocycles. The van der Waals surface area contributed by atoms with Crippen LogP contribution in [-0.2, 0) is 4.79 Å².